The number of nitrogens with zero attached hydrogens (tertiary/aromatic N) is 4. The highest BCUT2D eigenvalue weighted by Crippen LogP contribution is 2.33. The van der Waals surface area contributed by atoms with Gasteiger partial charge in [-0.3, -0.25) is 4.79 Å². The number of pyridine rings is 1. The number of sulfone groups is 1. The Bertz CT molecular complexity index is 1670. The lowest BCUT2D eigenvalue weighted by atomic mass is 10.0. The van der Waals surface area contributed by atoms with Crippen molar-refractivity contribution in [3.05, 3.63) is 72.2 Å². The molecule has 5 rings (SSSR count). The predicted molar refractivity (Wildman–Crippen MR) is 133 cm³/mol. The molecule has 0 spiro atoms. The molecular formula is C24H21N5O3S2. The van der Waals surface area contributed by atoms with Crippen molar-refractivity contribution in [1.82, 2.24) is 24.8 Å². The van der Waals surface area contributed by atoms with Crippen LogP contribution < -0.4 is 5.32 Å². The van der Waals surface area contributed by atoms with Crippen molar-refractivity contribution >= 4 is 48.5 Å². The van der Waals surface area contributed by atoms with Crippen LogP contribution in [0, 0.1) is 0 Å². The van der Waals surface area contributed by atoms with Crippen molar-refractivity contribution in [3.63, 3.8) is 0 Å². The zero-order valence-electron chi connectivity index (χ0n) is 18.7. The molecule has 0 radical (unpaired) electrons. The van der Waals surface area contributed by atoms with Crippen molar-refractivity contribution in [1.29, 1.82) is 0 Å². The molecule has 0 aliphatic carbocycles. The van der Waals surface area contributed by atoms with Crippen molar-refractivity contribution in [3.8, 4) is 10.6 Å². The molecule has 1 atom stereocenters. The number of benzene rings is 2. The molecule has 0 fully saturated rings. The monoisotopic (exact) mass is 491 g/mol. The van der Waals surface area contributed by atoms with E-state index in [1.165, 1.54) is 23.5 Å². The fraction of sp³-hybridized carbons (Fsp3) is 0.167. The summed E-state index contributed by atoms with van der Waals surface area (Å²) in [6, 6.07) is 13.6. The summed E-state index contributed by atoms with van der Waals surface area (Å²) in [7, 11) is -1.46. The molecular weight excluding hydrogens is 470 g/mol. The van der Waals surface area contributed by atoms with Crippen LogP contribution in [0.4, 0.5) is 0 Å². The van der Waals surface area contributed by atoms with Crippen LogP contribution in [0.2, 0.25) is 0 Å². The summed E-state index contributed by atoms with van der Waals surface area (Å²) in [4.78, 5) is 27.4. The number of hydrogen-bond acceptors (Lipinski definition) is 7. The third-order valence-corrected chi connectivity index (χ3v) is 7.73. The fourth-order valence-electron chi connectivity index (χ4n) is 3.80. The number of fused-ring (bicyclic) bond motifs is 3. The number of carbonyl (C=O) groups excluding carboxylic acids is 1. The maximum absolute atomic E-state index is 12.8. The van der Waals surface area contributed by atoms with Gasteiger partial charge in [-0.2, -0.15) is 0 Å². The molecule has 8 nitrogen and oxygen atoms in total. The number of aryl methyl sites for hydroxylation is 1. The summed E-state index contributed by atoms with van der Waals surface area (Å²) in [5, 5.41) is 3.78. The van der Waals surface area contributed by atoms with Crippen LogP contribution in [0.3, 0.4) is 0 Å². The van der Waals surface area contributed by atoms with Crippen molar-refractivity contribution in [2.75, 3.05) is 6.26 Å². The van der Waals surface area contributed by atoms with Crippen LogP contribution in [0.5, 0.6) is 0 Å². The fourth-order valence-corrected chi connectivity index (χ4v) is 5.38. The van der Waals surface area contributed by atoms with Gasteiger partial charge >= 0.3 is 0 Å². The molecule has 0 bridgehead atoms. The van der Waals surface area contributed by atoms with E-state index in [1.807, 2.05) is 42.8 Å². The van der Waals surface area contributed by atoms with E-state index in [0.29, 0.717) is 5.56 Å². The molecule has 1 amide bonds. The maximum Gasteiger partial charge on any atom is 0.251 e. The smallest absolute Gasteiger partial charge is 0.251 e. The van der Waals surface area contributed by atoms with E-state index in [-0.39, 0.29) is 16.8 Å². The lowest BCUT2D eigenvalue weighted by Crippen LogP contribution is -2.26. The number of nitrogens with one attached hydrogen (secondary N) is 1. The Kier molecular flexibility index (Phi) is 5.41. The number of thiazole rings is 1. The molecule has 172 valence electrons. The number of hydrogen-bond donors (Lipinski definition) is 1. The van der Waals surface area contributed by atoms with Gasteiger partial charge in [0, 0.05) is 24.4 Å². The topological polar surface area (TPSA) is 107 Å². The minimum Gasteiger partial charge on any atom is -0.346 e. The first-order valence-electron chi connectivity index (χ1n) is 10.5. The average molecular weight is 492 g/mol. The van der Waals surface area contributed by atoms with Crippen LogP contribution in [0.15, 0.2) is 66.0 Å². The van der Waals surface area contributed by atoms with Gasteiger partial charge in [0.1, 0.15) is 20.9 Å². The highest BCUT2D eigenvalue weighted by Gasteiger charge is 2.17. The first kappa shape index (κ1) is 22.2. The van der Waals surface area contributed by atoms with Crippen molar-refractivity contribution in [2.24, 2.45) is 7.05 Å². The number of rotatable bonds is 5. The van der Waals surface area contributed by atoms with Gasteiger partial charge in [0.05, 0.1) is 29.0 Å². The number of aromatic nitrogens is 4. The van der Waals surface area contributed by atoms with Crippen LogP contribution >= 0.6 is 11.3 Å². The van der Waals surface area contributed by atoms with E-state index in [4.69, 9.17) is 4.98 Å². The third kappa shape index (κ3) is 4.06. The Hall–Kier alpha value is -3.63. The Morgan fingerprint density at radius 2 is 1.91 bits per heavy atom. The predicted octanol–water partition coefficient (Wildman–Crippen LogP) is 4.14. The van der Waals surface area contributed by atoms with Crippen molar-refractivity contribution in [2.45, 2.75) is 17.9 Å². The maximum atomic E-state index is 12.8. The molecule has 5 aromatic rings. The van der Waals surface area contributed by atoms with E-state index < -0.39 is 9.84 Å². The van der Waals surface area contributed by atoms with Gasteiger partial charge in [-0.05, 0) is 36.8 Å². The van der Waals surface area contributed by atoms with Gasteiger partial charge in [0.2, 0.25) is 0 Å². The Labute approximate surface area is 200 Å². The van der Waals surface area contributed by atoms with Gasteiger partial charge < -0.3 is 9.88 Å². The number of amides is 1. The van der Waals surface area contributed by atoms with Crippen LogP contribution in [-0.4, -0.2) is 40.1 Å². The minimum atomic E-state index is -3.40. The molecule has 34 heavy (non-hydrogen) atoms. The van der Waals surface area contributed by atoms with E-state index in [9.17, 15) is 13.2 Å². The number of carbonyl (C=O) groups is 1. The first-order chi connectivity index (χ1) is 16.2. The molecule has 0 aliphatic rings. The first-order valence-corrected chi connectivity index (χ1v) is 13.2. The SMILES string of the molecule is C[C@H](NC(=O)c1cccc(S(C)(=O)=O)c1)c1cccc(-c2nc3c(ncc4ncn(C)c43)s2)c1. The van der Waals surface area contributed by atoms with Gasteiger partial charge in [0.15, 0.2) is 9.84 Å². The average Bonchev–Trinajstić information content (AvgIpc) is 3.42. The highest BCUT2D eigenvalue weighted by atomic mass is 32.2. The summed E-state index contributed by atoms with van der Waals surface area (Å²) in [5.41, 5.74) is 4.69. The Balaban J connectivity index is 1.42. The molecule has 3 heterocycles. The third-order valence-electron chi connectivity index (χ3n) is 5.61. The molecule has 0 unspecified atom stereocenters. The van der Waals surface area contributed by atoms with Crippen LogP contribution in [0.25, 0.3) is 32.0 Å². The zero-order valence-corrected chi connectivity index (χ0v) is 20.3. The summed E-state index contributed by atoms with van der Waals surface area (Å²) in [6.07, 6.45) is 4.63. The normalized spacial score (nSPS) is 12.8. The summed E-state index contributed by atoms with van der Waals surface area (Å²) < 4.78 is 25.6. The van der Waals surface area contributed by atoms with E-state index in [1.54, 1.807) is 24.7 Å². The van der Waals surface area contributed by atoms with Crippen LogP contribution in [-0.2, 0) is 16.9 Å². The lowest BCUT2D eigenvalue weighted by Gasteiger charge is -2.15. The zero-order chi connectivity index (χ0) is 24.0. The molecule has 2 aromatic carbocycles. The largest absolute Gasteiger partial charge is 0.346 e. The Morgan fingerprint density at radius 3 is 2.71 bits per heavy atom. The molecule has 0 saturated carbocycles. The van der Waals surface area contributed by atoms with E-state index in [2.05, 4.69) is 15.3 Å². The lowest BCUT2D eigenvalue weighted by molar-refractivity contribution is 0.0939. The van der Waals surface area contributed by atoms with Crippen molar-refractivity contribution < 1.29 is 13.2 Å². The standard InChI is InChI=1S/C24H21N5O3S2/c1-14(27-22(30)16-7-5-9-18(11-16)34(3,31)32)15-6-4-8-17(10-15)23-28-20-21-19(26-13-29(21)2)12-25-24(20)33-23/h4-14H,1-3H3,(H,27,30)/t14-/m0/s1. The molecule has 0 aliphatic heterocycles. The Morgan fingerprint density at radius 1 is 1.12 bits per heavy atom. The van der Waals surface area contributed by atoms with E-state index >= 15 is 0 Å². The quantitative estimate of drug-likeness (QED) is 0.396. The second-order valence-electron chi connectivity index (χ2n) is 8.14. The number of imidazole rings is 1. The highest BCUT2D eigenvalue weighted by molar-refractivity contribution is 7.90. The summed E-state index contributed by atoms with van der Waals surface area (Å²) >= 11 is 1.50. The van der Waals surface area contributed by atoms with E-state index in [0.717, 1.165) is 43.8 Å². The second kappa shape index (κ2) is 8.30. The molecule has 0 saturated heterocycles. The summed E-state index contributed by atoms with van der Waals surface area (Å²) in [6.45, 7) is 1.89. The second-order valence-corrected chi connectivity index (χ2v) is 11.1. The van der Waals surface area contributed by atoms with Gasteiger partial charge in [-0.1, -0.05) is 35.6 Å². The summed E-state index contributed by atoms with van der Waals surface area (Å²) in [5.74, 6) is -0.341. The van der Waals surface area contributed by atoms with Gasteiger partial charge in [-0.15, -0.1) is 0 Å². The van der Waals surface area contributed by atoms with Gasteiger partial charge in [0.25, 0.3) is 5.91 Å². The van der Waals surface area contributed by atoms with Crippen LogP contribution in [0.1, 0.15) is 28.9 Å². The molecule has 3 aromatic heterocycles. The molecule has 1 N–H and O–H groups in total. The van der Waals surface area contributed by atoms with Gasteiger partial charge in [-0.25, -0.2) is 23.4 Å². The minimum absolute atomic E-state index is 0.113. The molecule has 10 heteroatoms.